The Kier molecular flexibility index (Phi) is 4.72. The average molecular weight is 466 g/mol. The van der Waals surface area contributed by atoms with Crippen molar-refractivity contribution in [2.45, 2.75) is 25.4 Å². The van der Waals surface area contributed by atoms with Crippen LogP contribution in [0, 0.1) is 0 Å². The molecule has 0 saturated carbocycles. The van der Waals surface area contributed by atoms with Crippen molar-refractivity contribution < 1.29 is 18.4 Å². The number of amides is 3. The van der Waals surface area contributed by atoms with Gasteiger partial charge >= 0.3 is 6.03 Å². The van der Waals surface area contributed by atoms with E-state index in [1.807, 2.05) is 6.92 Å². The highest BCUT2D eigenvalue weighted by Gasteiger charge is 2.51. The molecule has 1 saturated heterocycles. The molecule has 1 aliphatic rings. The van der Waals surface area contributed by atoms with Gasteiger partial charge in [0.25, 0.3) is 11.8 Å². The van der Waals surface area contributed by atoms with E-state index in [1.54, 1.807) is 36.4 Å². The van der Waals surface area contributed by atoms with Crippen LogP contribution >= 0.6 is 27.5 Å². The van der Waals surface area contributed by atoms with Crippen LogP contribution in [0.3, 0.4) is 0 Å². The first-order valence-corrected chi connectivity index (χ1v) is 9.58. The normalized spacial score (nSPS) is 19.3. The Balaban J connectivity index is 1.59. The minimum atomic E-state index is -1.16. The summed E-state index contributed by atoms with van der Waals surface area (Å²) in [6.07, 6.45) is 0.380. The summed E-state index contributed by atoms with van der Waals surface area (Å²) in [7, 11) is 0. The van der Waals surface area contributed by atoms with Crippen LogP contribution in [0.5, 0.6) is 0 Å². The Morgan fingerprint density at radius 1 is 1.14 bits per heavy atom. The molecular formula is C18H14BrClN4O4. The van der Waals surface area contributed by atoms with Crippen LogP contribution in [0.25, 0.3) is 11.7 Å². The van der Waals surface area contributed by atoms with E-state index < -0.39 is 11.6 Å². The lowest BCUT2D eigenvalue weighted by Gasteiger charge is -2.25. The number of carbonyl (C=O) groups excluding carboxylic acids is 2. The van der Waals surface area contributed by atoms with Crippen LogP contribution in [-0.2, 0) is 16.9 Å². The Morgan fingerprint density at radius 2 is 1.89 bits per heavy atom. The molecule has 0 aliphatic carbocycles. The molecule has 3 aromatic rings. The zero-order valence-corrected chi connectivity index (χ0v) is 17.0. The highest BCUT2D eigenvalue weighted by atomic mass is 79.9. The summed E-state index contributed by atoms with van der Waals surface area (Å²) in [5, 5.41) is 11.2. The number of hydrogen-bond acceptors (Lipinski definition) is 6. The molecule has 0 bridgehead atoms. The van der Waals surface area contributed by atoms with Crippen molar-refractivity contribution in [3.8, 4) is 11.7 Å². The van der Waals surface area contributed by atoms with Crippen LogP contribution < -0.4 is 5.32 Å². The second kappa shape index (κ2) is 7.06. The van der Waals surface area contributed by atoms with E-state index in [1.165, 1.54) is 0 Å². The van der Waals surface area contributed by atoms with E-state index in [9.17, 15) is 9.59 Å². The highest BCUT2D eigenvalue weighted by molar-refractivity contribution is 9.10. The molecule has 1 fully saturated rings. The van der Waals surface area contributed by atoms with Crippen molar-refractivity contribution in [3.05, 3.63) is 57.5 Å². The van der Waals surface area contributed by atoms with Crippen LogP contribution in [0.1, 0.15) is 24.8 Å². The smallest absolute Gasteiger partial charge is 0.325 e. The molecule has 1 aliphatic heterocycles. The Hall–Kier alpha value is -2.65. The predicted octanol–water partition coefficient (Wildman–Crippen LogP) is 4.10. The largest absolute Gasteiger partial charge is 0.444 e. The first-order valence-electron chi connectivity index (χ1n) is 8.41. The van der Waals surface area contributed by atoms with Gasteiger partial charge in [-0.3, -0.25) is 9.69 Å². The summed E-state index contributed by atoms with van der Waals surface area (Å²) in [4.78, 5) is 26.7. The number of aromatic nitrogens is 2. The van der Waals surface area contributed by atoms with Crippen LogP contribution in [0.2, 0.25) is 5.02 Å². The minimum Gasteiger partial charge on any atom is -0.444 e. The molecule has 0 radical (unpaired) electrons. The summed E-state index contributed by atoms with van der Waals surface area (Å²) < 4.78 is 11.4. The second-order valence-electron chi connectivity index (χ2n) is 6.19. The quantitative estimate of drug-likeness (QED) is 0.569. The van der Waals surface area contributed by atoms with Crippen molar-refractivity contribution in [2.24, 2.45) is 0 Å². The molecule has 28 heavy (non-hydrogen) atoms. The van der Waals surface area contributed by atoms with E-state index in [2.05, 4.69) is 31.4 Å². The third kappa shape index (κ3) is 3.10. The van der Waals surface area contributed by atoms with Crippen LogP contribution in [0.15, 0.2) is 49.9 Å². The molecule has 4 rings (SSSR count). The average Bonchev–Trinajstić information content (AvgIpc) is 3.38. The minimum absolute atomic E-state index is 0.119. The first kappa shape index (κ1) is 18.7. The summed E-state index contributed by atoms with van der Waals surface area (Å²) in [5.74, 6) is 0.274. The fraction of sp³-hybridized carbons (Fsp3) is 0.222. The summed E-state index contributed by atoms with van der Waals surface area (Å²) in [6.45, 7) is 1.69. The Morgan fingerprint density at radius 3 is 2.54 bits per heavy atom. The fourth-order valence-electron chi connectivity index (χ4n) is 3.13. The van der Waals surface area contributed by atoms with Gasteiger partial charge in [0.2, 0.25) is 5.89 Å². The highest BCUT2D eigenvalue weighted by Crippen LogP contribution is 2.34. The lowest BCUT2D eigenvalue weighted by atomic mass is 9.87. The van der Waals surface area contributed by atoms with Crippen molar-refractivity contribution in [2.75, 3.05) is 0 Å². The van der Waals surface area contributed by atoms with Crippen molar-refractivity contribution in [1.29, 1.82) is 0 Å². The number of halogens is 2. The topological polar surface area (TPSA) is 101 Å². The number of nitrogens with zero attached hydrogens (tertiary/aromatic N) is 3. The third-order valence-corrected chi connectivity index (χ3v) is 5.27. The van der Waals surface area contributed by atoms with Gasteiger partial charge in [0, 0.05) is 5.02 Å². The molecule has 144 valence electrons. The van der Waals surface area contributed by atoms with Gasteiger partial charge in [0.15, 0.2) is 10.4 Å². The maximum absolute atomic E-state index is 13.1. The van der Waals surface area contributed by atoms with Gasteiger partial charge < -0.3 is 14.2 Å². The van der Waals surface area contributed by atoms with Crippen molar-refractivity contribution >= 4 is 39.5 Å². The van der Waals surface area contributed by atoms with E-state index in [0.717, 1.165) is 4.90 Å². The number of benzene rings is 1. The molecule has 1 atom stereocenters. The van der Waals surface area contributed by atoms with Crippen molar-refractivity contribution in [3.63, 3.8) is 0 Å². The van der Waals surface area contributed by atoms with Crippen LogP contribution in [0.4, 0.5) is 4.79 Å². The van der Waals surface area contributed by atoms with E-state index in [4.69, 9.17) is 20.4 Å². The monoisotopic (exact) mass is 464 g/mol. The summed E-state index contributed by atoms with van der Waals surface area (Å²) >= 11 is 9.14. The number of carbonyl (C=O) groups is 2. The predicted molar refractivity (Wildman–Crippen MR) is 102 cm³/mol. The van der Waals surface area contributed by atoms with Gasteiger partial charge in [-0.2, -0.15) is 0 Å². The Bertz CT molecular complexity index is 1050. The SMILES string of the molecule is CCC1(c2ccc(Cl)cc2)NC(=O)N(Cc2nnc(-c3ccc(Br)o3)o2)C1=O. The zero-order valence-electron chi connectivity index (χ0n) is 14.6. The molecule has 1 N–H and O–H groups in total. The maximum atomic E-state index is 13.1. The first-order chi connectivity index (χ1) is 13.4. The number of hydrogen-bond donors (Lipinski definition) is 1. The Labute approximate surface area is 173 Å². The van der Waals surface area contributed by atoms with E-state index in [-0.39, 0.29) is 24.2 Å². The molecule has 1 aromatic carbocycles. The molecule has 1 unspecified atom stereocenters. The standard InChI is InChI=1S/C18H14BrClN4O4/c1-2-18(10-3-5-11(20)6-4-10)16(25)24(17(26)21-18)9-14-22-23-15(28-14)12-7-8-13(19)27-12/h3-8H,2,9H2,1H3,(H,21,26). The fourth-order valence-corrected chi connectivity index (χ4v) is 3.56. The molecule has 8 nitrogen and oxygen atoms in total. The summed E-state index contributed by atoms with van der Waals surface area (Å²) in [5.41, 5.74) is -0.497. The maximum Gasteiger partial charge on any atom is 0.325 e. The number of imide groups is 1. The van der Waals surface area contributed by atoms with Gasteiger partial charge in [-0.05, 0) is 52.2 Å². The van der Waals surface area contributed by atoms with Gasteiger partial charge in [0.05, 0.1) is 0 Å². The number of urea groups is 1. The lowest BCUT2D eigenvalue weighted by Crippen LogP contribution is -2.43. The molecule has 10 heteroatoms. The number of rotatable bonds is 5. The van der Waals surface area contributed by atoms with E-state index >= 15 is 0 Å². The van der Waals surface area contributed by atoms with Crippen molar-refractivity contribution in [1.82, 2.24) is 20.4 Å². The zero-order chi connectivity index (χ0) is 19.9. The third-order valence-electron chi connectivity index (χ3n) is 4.59. The molecule has 3 amide bonds. The number of nitrogens with one attached hydrogen (secondary N) is 1. The van der Waals surface area contributed by atoms with Crippen LogP contribution in [-0.4, -0.2) is 27.0 Å². The van der Waals surface area contributed by atoms with Gasteiger partial charge in [-0.25, -0.2) is 4.79 Å². The molecular weight excluding hydrogens is 452 g/mol. The van der Waals surface area contributed by atoms with Gasteiger partial charge in [0.1, 0.15) is 12.1 Å². The lowest BCUT2D eigenvalue weighted by molar-refractivity contribution is -0.132. The molecule has 3 heterocycles. The summed E-state index contributed by atoms with van der Waals surface area (Å²) in [6, 6.07) is 9.66. The molecule has 2 aromatic heterocycles. The number of furan rings is 1. The van der Waals surface area contributed by atoms with E-state index in [0.29, 0.717) is 27.4 Å². The van der Waals surface area contributed by atoms with Gasteiger partial charge in [-0.15, -0.1) is 10.2 Å². The second-order valence-corrected chi connectivity index (χ2v) is 7.41. The van der Waals surface area contributed by atoms with Gasteiger partial charge in [-0.1, -0.05) is 30.7 Å². The molecule has 0 spiro atoms.